The van der Waals surface area contributed by atoms with Crippen molar-refractivity contribution in [3.63, 3.8) is 0 Å². The lowest BCUT2D eigenvalue weighted by Gasteiger charge is -2.01. The number of carboxylic acids is 1. The van der Waals surface area contributed by atoms with Gasteiger partial charge in [0, 0.05) is 6.08 Å². The summed E-state index contributed by atoms with van der Waals surface area (Å²) in [5.41, 5.74) is 0.407. The summed E-state index contributed by atoms with van der Waals surface area (Å²) >= 11 is 3.53. The highest BCUT2D eigenvalue weighted by Crippen LogP contribution is 2.13. The molecule has 0 atom stereocenters. The van der Waals surface area contributed by atoms with Crippen molar-refractivity contribution in [1.82, 2.24) is 4.72 Å². The molecule has 0 spiro atoms. The lowest BCUT2D eigenvalue weighted by atomic mass is 10.1. The van der Waals surface area contributed by atoms with Crippen molar-refractivity contribution in [3.05, 3.63) is 42.0 Å². The van der Waals surface area contributed by atoms with Crippen LogP contribution >= 0.6 is 12.8 Å². The molecule has 2 N–H and O–H groups in total. The molecular formula is C10H9NO3S. The average Bonchev–Trinajstić information content (AvgIpc) is 2.26. The van der Waals surface area contributed by atoms with Crippen LogP contribution in [0.25, 0.3) is 5.57 Å². The van der Waals surface area contributed by atoms with E-state index in [2.05, 4.69) is 12.8 Å². The lowest BCUT2D eigenvalue weighted by Crippen LogP contribution is -2.11. The molecule has 1 aromatic carbocycles. The van der Waals surface area contributed by atoms with Gasteiger partial charge in [-0.05, 0) is 5.56 Å². The zero-order valence-electron chi connectivity index (χ0n) is 7.68. The Morgan fingerprint density at radius 3 is 2.33 bits per heavy atom. The number of carboxylic acid groups (broad SMARTS) is 1. The maximum atomic E-state index is 11.0. The van der Waals surface area contributed by atoms with Gasteiger partial charge < -0.3 is 5.11 Å². The van der Waals surface area contributed by atoms with E-state index in [0.29, 0.717) is 5.56 Å². The number of thiol groups is 1. The van der Waals surface area contributed by atoms with Crippen LogP contribution in [-0.2, 0) is 9.59 Å². The van der Waals surface area contributed by atoms with Crippen LogP contribution in [0.2, 0.25) is 0 Å². The van der Waals surface area contributed by atoms with Gasteiger partial charge in [0.05, 0.1) is 5.57 Å². The molecule has 0 radical (unpaired) electrons. The largest absolute Gasteiger partial charge is 0.478 e. The van der Waals surface area contributed by atoms with Gasteiger partial charge in [0.25, 0.3) is 5.91 Å². The minimum atomic E-state index is -1.15. The molecule has 0 fully saturated rings. The van der Waals surface area contributed by atoms with Crippen molar-refractivity contribution >= 4 is 30.3 Å². The molecule has 0 bridgehead atoms. The van der Waals surface area contributed by atoms with E-state index in [4.69, 9.17) is 5.11 Å². The second-order valence-corrected chi connectivity index (χ2v) is 2.93. The summed E-state index contributed by atoms with van der Waals surface area (Å²) in [6.45, 7) is 0. The van der Waals surface area contributed by atoms with Crippen LogP contribution in [0.3, 0.4) is 0 Å². The summed E-state index contributed by atoms with van der Waals surface area (Å²) in [7, 11) is 0. The third kappa shape index (κ3) is 3.14. The molecule has 5 heteroatoms. The summed E-state index contributed by atoms with van der Waals surface area (Å²) < 4.78 is 2.04. The Balaban J connectivity index is 3.10. The number of benzene rings is 1. The van der Waals surface area contributed by atoms with Crippen molar-refractivity contribution in [2.75, 3.05) is 0 Å². The van der Waals surface area contributed by atoms with E-state index in [1.54, 1.807) is 30.3 Å². The van der Waals surface area contributed by atoms with Gasteiger partial charge in [0.1, 0.15) is 0 Å². The minimum Gasteiger partial charge on any atom is -0.478 e. The number of nitrogens with one attached hydrogen (secondary N) is 1. The highest BCUT2D eigenvalue weighted by molar-refractivity contribution is 7.78. The SMILES string of the molecule is O=C(/C=C(\C(=O)O)c1ccccc1)NS. The van der Waals surface area contributed by atoms with E-state index >= 15 is 0 Å². The molecule has 0 saturated carbocycles. The maximum Gasteiger partial charge on any atom is 0.336 e. The predicted octanol–water partition coefficient (Wildman–Crippen LogP) is 1.12. The van der Waals surface area contributed by atoms with Gasteiger partial charge in [-0.2, -0.15) is 0 Å². The highest BCUT2D eigenvalue weighted by Gasteiger charge is 2.11. The number of rotatable bonds is 3. The number of amides is 1. The number of hydrogen-bond acceptors (Lipinski definition) is 3. The van der Waals surface area contributed by atoms with Gasteiger partial charge in [-0.15, -0.1) is 0 Å². The average molecular weight is 223 g/mol. The van der Waals surface area contributed by atoms with Gasteiger partial charge >= 0.3 is 5.97 Å². The Bertz CT molecular complexity index is 400. The van der Waals surface area contributed by atoms with Crippen LogP contribution in [0.4, 0.5) is 0 Å². The third-order valence-electron chi connectivity index (χ3n) is 1.70. The van der Waals surface area contributed by atoms with E-state index < -0.39 is 11.9 Å². The fourth-order valence-electron chi connectivity index (χ4n) is 1.05. The normalized spacial score (nSPS) is 10.9. The first kappa shape index (κ1) is 11.3. The van der Waals surface area contributed by atoms with E-state index in [0.717, 1.165) is 6.08 Å². The Labute approximate surface area is 92.2 Å². The summed E-state index contributed by atoms with van der Waals surface area (Å²) in [6, 6.07) is 8.40. The third-order valence-corrected chi connectivity index (χ3v) is 1.92. The van der Waals surface area contributed by atoms with Crippen molar-refractivity contribution < 1.29 is 14.7 Å². The fraction of sp³-hybridized carbons (Fsp3) is 0. The minimum absolute atomic E-state index is 0.0675. The first-order valence-electron chi connectivity index (χ1n) is 4.09. The van der Waals surface area contributed by atoms with E-state index in [1.807, 2.05) is 4.72 Å². The van der Waals surface area contributed by atoms with Crippen molar-refractivity contribution in [3.8, 4) is 0 Å². The molecule has 1 rings (SSSR count). The Morgan fingerprint density at radius 1 is 1.27 bits per heavy atom. The molecule has 4 nitrogen and oxygen atoms in total. The van der Waals surface area contributed by atoms with Gasteiger partial charge in [0.15, 0.2) is 0 Å². The fourth-order valence-corrected chi connectivity index (χ4v) is 1.11. The summed E-state index contributed by atoms with van der Waals surface area (Å²) in [5, 5.41) is 8.90. The number of aliphatic carboxylic acids is 1. The van der Waals surface area contributed by atoms with Crippen LogP contribution in [0, 0.1) is 0 Å². The highest BCUT2D eigenvalue weighted by atomic mass is 32.1. The molecule has 15 heavy (non-hydrogen) atoms. The Hall–Kier alpha value is -1.75. The molecule has 0 aromatic heterocycles. The lowest BCUT2D eigenvalue weighted by molar-refractivity contribution is -0.130. The number of carbonyl (C=O) groups is 2. The van der Waals surface area contributed by atoms with Crippen LogP contribution in [0.5, 0.6) is 0 Å². The first-order valence-corrected chi connectivity index (χ1v) is 4.54. The van der Waals surface area contributed by atoms with E-state index in [1.165, 1.54) is 0 Å². The van der Waals surface area contributed by atoms with E-state index in [9.17, 15) is 9.59 Å². The monoisotopic (exact) mass is 223 g/mol. The van der Waals surface area contributed by atoms with Crippen molar-refractivity contribution in [2.24, 2.45) is 0 Å². The molecule has 0 aliphatic heterocycles. The van der Waals surface area contributed by atoms with Gasteiger partial charge in [-0.3, -0.25) is 9.52 Å². The first-order chi connectivity index (χ1) is 7.15. The molecule has 0 saturated heterocycles. The molecular weight excluding hydrogens is 214 g/mol. The maximum absolute atomic E-state index is 11.0. The molecule has 0 aliphatic rings. The summed E-state index contributed by atoms with van der Waals surface area (Å²) in [6.07, 6.45) is 0.991. The second kappa shape index (κ2) is 5.21. The van der Waals surface area contributed by atoms with Crippen LogP contribution in [-0.4, -0.2) is 17.0 Å². The topological polar surface area (TPSA) is 66.4 Å². The number of hydrogen-bond donors (Lipinski definition) is 3. The molecule has 1 amide bonds. The molecule has 0 unspecified atom stereocenters. The quantitative estimate of drug-likeness (QED) is 0.531. The van der Waals surface area contributed by atoms with Crippen LogP contribution in [0.1, 0.15) is 5.56 Å². The summed E-state index contributed by atoms with van der Waals surface area (Å²) in [4.78, 5) is 21.9. The van der Waals surface area contributed by atoms with Crippen LogP contribution < -0.4 is 4.72 Å². The van der Waals surface area contributed by atoms with Crippen molar-refractivity contribution in [1.29, 1.82) is 0 Å². The predicted molar refractivity (Wildman–Crippen MR) is 59.2 cm³/mol. The van der Waals surface area contributed by atoms with Gasteiger partial charge in [0.2, 0.25) is 0 Å². The number of carbonyl (C=O) groups excluding carboxylic acids is 1. The van der Waals surface area contributed by atoms with Gasteiger partial charge in [-0.25, -0.2) is 4.79 Å². The van der Waals surface area contributed by atoms with E-state index in [-0.39, 0.29) is 5.57 Å². The van der Waals surface area contributed by atoms with Gasteiger partial charge in [-0.1, -0.05) is 43.1 Å². The smallest absolute Gasteiger partial charge is 0.336 e. The Kier molecular flexibility index (Phi) is 3.93. The standard InChI is InChI=1S/C10H9NO3S/c12-9(11-15)6-8(10(13)14)7-4-2-1-3-5-7/h1-6,15H,(H,11,12)(H,13,14)/b8-6-. The molecule has 0 aliphatic carbocycles. The Morgan fingerprint density at radius 2 is 1.87 bits per heavy atom. The van der Waals surface area contributed by atoms with Crippen molar-refractivity contribution in [2.45, 2.75) is 0 Å². The molecule has 1 aromatic rings. The zero-order valence-corrected chi connectivity index (χ0v) is 8.57. The molecule has 0 heterocycles. The molecule has 78 valence electrons. The zero-order chi connectivity index (χ0) is 11.3. The second-order valence-electron chi connectivity index (χ2n) is 2.71. The van der Waals surface area contributed by atoms with Crippen LogP contribution in [0.15, 0.2) is 36.4 Å². The summed E-state index contributed by atoms with van der Waals surface area (Å²) in [5.74, 6) is -1.72.